The number of ether oxygens (including phenoxy) is 1. The molecule has 2 heteroatoms. The summed E-state index contributed by atoms with van der Waals surface area (Å²) < 4.78 is 7.36. The van der Waals surface area contributed by atoms with Crippen molar-refractivity contribution < 1.29 is 4.74 Å². The number of hydrogen-bond donors (Lipinski definition) is 0. The standard InChI is InChI=1S/C13H15NO/c1-4-5-10-9-14(2)13-7-6-11(15-3)8-12(10)13/h4,6-9H,1,5H2,2-3H3. The van der Waals surface area contributed by atoms with Crippen LogP contribution in [0, 0.1) is 0 Å². The summed E-state index contributed by atoms with van der Waals surface area (Å²) in [4.78, 5) is 0. The van der Waals surface area contributed by atoms with Gasteiger partial charge in [-0.3, -0.25) is 0 Å². The molecule has 0 N–H and O–H groups in total. The summed E-state index contributed by atoms with van der Waals surface area (Å²) in [5.41, 5.74) is 2.52. The van der Waals surface area contributed by atoms with Crippen molar-refractivity contribution in [3.63, 3.8) is 0 Å². The molecular weight excluding hydrogens is 186 g/mol. The summed E-state index contributed by atoms with van der Waals surface area (Å²) in [6, 6.07) is 6.15. The van der Waals surface area contributed by atoms with E-state index >= 15 is 0 Å². The van der Waals surface area contributed by atoms with Crippen molar-refractivity contribution >= 4 is 10.9 Å². The average molecular weight is 201 g/mol. The van der Waals surface area contributed by atoms with Crippen molar-refractivity contribution in [3.05, 3.63) is 42.6 Å². The lowest BCUT2D eigenvalue weighted by Gasteiger charge is -2.01. The first-order valence-electron chi connectivity index (χ1n) is 4.99. The lowest BCUT2D eigenvalue weighted by molar-refractivity contribution is 0.415. The maximum absolute atomic E-state index is 5.23. The van der Waals surface area contributed by atoms with Crippen LogP contribution in [0.1, 0.15) is 5.56 Å². The third-order valence-corrected chi connectivity index (χ3v) is 2.64. The Morgan fingerprint density at radius 2 is 2.27 bits per heavy atom. The molecule has 1 heterocycles. The zero-order chi connectivity index (χ0) is 10.8. The number of fused-ring (bicyclic) bond motifs is 1. The molecule has 2 rings (SSSR count). The first-order chi connectivity index (χ1) is 7.26. The van der Waals surface area contributed by atoms with Gasteiger partial charge in [0.1, 0.15) is 5.75 Å². The fraction of sp³-hybridized carbons (Fsp3) is 0.231. The minimum absolute atomic E-state index is 0.893. The number of nitrogens with zero attached hydrogens (tertiary/aromatic N) is 1. The van der Waals surface area contributed by atoms with Gasteiger partial charge in [-0.2, -0.15) is 0 Å². The molecule has 0 aliphatic carbocycles. The Balaban J connectivity index is 2.65. The van der Waals surface area contributed by atoms with Gasteiger partial charge in [-0.25, -0.2) is 0 Å². The second-order valence-electron chi connectivity index (χ2n) is 3.64. The summed E-state index contributed by atoms with van der Waals surface area (Å²) in [5.74, 6) is 0.902. The molecule has 0 aliphatic rings. The van der Waals surface area contributed by atoms with E-state index < -0.39 is 0 Å². The van der Waals surface area contributed by atoms with Crippen LogP contribution in [0.25, 0.3) is 10.9 Å². The van der Waals surface area contributed by atoms with Crippen molar-refractivity contribution in [2.24, 2.45) is 7.05 Å². The fourth-order valence-electron chi connectivity index (χ4n) is 1.90. The smallest absolute Gasteiger partial charge is 0.119 e. The van der Waals surface area contributed by atoms with Gasteiger partial charge < -0.3 is 9.30 Å². The number of rotatable bonds is 3. The molecule has 1 aromatic carbocycles. The van der Waals surface area contributed by atoms with E-state index in [0.717, 1.165) is 12.2 Å². The van der Waals surface area contributed by atoms with Crippen LogP contribution >= 0.6 is 0 Å². The predicted molar refractivity (Wildman–Crippen MR) is 63.4 cm³/mol. The second-order valence-corrected chi connectivity index (χ2v) is 3.64. The monoisotopic (exact) mass is 201 g/mol. The Morgan fingerprint density at radius 1 is 1.47 bits per heavy atom. The third-order valence-electron chi connectivity index (χ3n) is 2.64. The second kappa shape index (κ2) is 3.81. The molecule has 0 spiro atoms. The lowest BCUT2D eigenvalue weighted by atomic mass is 10.1. The summed E-state index contributed by atoms with van der Waals surface area (Å²) in [6.07, 6.45) is 4.96. The number of hydrogen-bond acceptors (Lipinski definition) is 1. The molecule has 0 radical (unpaired) electrons. The van der Waals surface area contributed by atoms with Gasteiger partial charge >= 0.3 is 0 Å². The van der Waals surface area contributed by atoms with Crippen molar-refractivity contribution in [1.29, 1.82) is 0 Å². The average Bonchev–Trinajstić information content (AvgIpc) is 2.56. The SMILES string of the molecule is C=CCc1cn(C)c2ccc(OC)cc12. The van der Waals surface area contributed by atoms with Gasteiger partial charge in [0.15, 0.2) is 0 Å². The van der Waals surface area contributed by atoms with Crippen molar-refractivity contribution in [1.82, 2.24) is 4.57 Å². The summed E-state index contributed by atoms with van der Waals surface area (Å²) in [6.45, 7) is 3.77. The molecule has 0 saturated heterocycles. The Labute approximate surface area is 89.8 Å². The minimum Gasteiger partial charge on any atom is -0.497 e. The van der Waals surface area contributed by atoms with Crippen LogP contribution in [0.3, 0.4) is 0 Å². The van der Waals surface area contributed by atoms with Crippen LogP contribution in [-0.4, -0.2) is 11.7 Å². The van der Waals surface area contributed by atoms with Gasteiger partial charge in [-0.05, 0) is 30.2 Å². The number of aryl methyl sites for hydroxylation is 1. The van der Waals surface area contributed by atoms with Crippen LogP contribution in [0.15, 0.2) is 37.1 Å². The van der Waals surface area contributed by atoms with E-state index in [4.69, 9.17) is 4.74 Å². The topological polar surface area (TPSA) is 14.2 Å². The zero-order valence-corrected chi connectivity index (χ0v) is 9.16. The van der Waals surface area contributed by atoms with Crippen molar-refractivity contribution in [3.8, 4) is 5.75 Å². The zero-order valence-electron chi connectivity index (χ0n) is 9.16. The van der Waals surface area contributed by atoms with Crippen LogP contribution in [0.2, 0.25) is 0 Å². The molecule has 78 valence electrons. The van der Waals surface area contributed by atoms with Gasteiger partial charge in [0.25, 0.3) is 0 Å². The molecule has 0 amide bonds. The Hall–Kier alpha value is -1.70. The van der Waals surface area contributed by atoms with E-state index in [1.807, 2.05) is 12.1 Å². The predicted octanol–water partition coefficient (Wildman–Crippen LogP) is 2.92. The van der Waals surface area contributed by atoms with Gasteiger partial charge in [0.2, 0.25) is 0 Å². The number of allylic oxidation sites excluding steroid dienone is 1. The summed E-state index contributed by atoms with van der Waals surface area (Å²) in [7, 11) is 3.75. The quantitative estimate of drug-likeness (QED) is 0.696. The normalized spacial score (nSPS) is 10.5. The van der Waals surface area contributed by atoms with E-state index in [1.165, 1.54) is 16.5 Å². The van der Waals surface area contributed by atoms with Crippen LogP contribution in [0.5, 0.6) is 5.75 Å². The van der Waals surface area contributed by atoms with E-state index in [0.29, 0.717) is 0 Å². The summed E-state index contributed by atoms with van der Waals surface area (Å²) >= 11 is 0. The minimum atomic E-state index is 0.893. The van der Waals surface area contributed by atoms with E-state index in [2.05, 4.69) is 36.5 Å². The Bertz CT molecular complexity index is 496. The number of methoxy groups -OCH3 is 1. The molecule has 2 aromatic rings. The maximum Gasteiger partial charge on any atom is 0.119 e. The van der Waals surface area contributed by atoms with Crippen LogP contribution in [-0.2, 0) is 13.5 Å². The highest BCUT2D eigenvalue weighted by atomic mass is 16.5. The Morgan fingerprint density at radius 3 is 2.93 bits per heavy atom. The van der Waals surface area contributed by atoms with Gasteiger partial charge in [-0.1, -0.05) is 6.08 Å². The van der Waals surface area contributed by atoms with E-state index in [1.54, 1.807) is 7.11 Å². The highest BCUT2D eigenvalue weighted by Gasteiger charge is 2.05. The molecule has 0 unspecified atom stereocenters. The molecule has 2 nitrogen and oxygen atoms in total. The van der Waals surface area contributed by atoms with E-state index in [9.17, 15) is 0 Å². The van der Waals surface area contributed by atoms with Gasteiger partial charge in [0, 0.05) is 24.1 Å². The molecule has 0 fully saturated rings. The maximum atomic E-state index is 5.23. The van der Waals surface area contributed by atoms with Crippen LogP contribution < -0.4 is 4.74 Å². The van der Waals surface area contributed by atoms with Gasteiger partial charge in [-0.15, -0.1) is 6.58 Å². The van der Waals surface area contributed by atoms with Crippen molar-refractivity contribution in [2.75, 3.05) is 7.11 Å². The fourth-order valence-corrected chi connectivity index (χ4v) is 1.90. The number of benzene rings is 1. The highest BCUT2D eigenvalue weighted by Crippen LogP contribution is 2.25. The molecule has 0 atom stereocenters. The molecule has 0 aliphatic heterocycles. The van der Waals surface area contributed by atoms with E-state index in [-0.39, 0.29) is 0 Å². The largest absolute Gasteiger partial charge is 0.497 e. The Kier molecular flexibility index (Phi) is 2.50. The molecule has 0 saturated carbocycles. The van der Waals surface area contributed by atoms with Crippen LogP contribution in [0.4, 0.5) is 0 Å². The first kappa shape index (κ1) is 9.84. The third kappa shape index (κ3) is 1.63. The van der Waals surface area contributed by atoms with Crippen molar-refractivity contribution in [2.45, 2.75) is 6.42 Å². The number of aromatic nitrogens is 1. The lowest BCUT2D eigenvalue weighted by Crippen LogP contribution is -1.85. The summed E-state index contributed by atoms with van der Waals surface area (Å²) in [5, 5.41) is 1.25. The molecular formula is C13H15NO. The highest BCUT2D eigenvalue weighted by molar-refractivity contribution is 5.85. The molecule has 0 bridgehead atoms. The first-order valence-corrected chi connectivity index (χ1v) is 4.99. The van der Waals surface area contributed by atoms with Gasteiger partial charge in [0.05, 0.1) is 7.11 Å². The molecule has 15 heavy (non-hydrogen) atoms. The molecule has 1 aromatic heterocycles.